The Kier molecular flexibility index (Phi) is 6.44. The van der Waals surface area contributed by atoms with Gasteiger partial charge in [-0.2, -0.15) is 5.10 Å². The molecule has 4 nitrogen and oxygen atoms in total. The fourth-order valence-electron chi connectivity index (χ4n) is 2.41. The highest BCUT2D eigenvalue weighted by atomic mass is 16.5. The minimum Gasteiger partial charge on any atom is -0.383 e. The van der Waals surface area contributed by atoms with E-state index in [1.54, 1.807) is 7.11 Å². The molecule has 0 saturated carbocycles. The number of rotatable bonds is 9. The summed E-state index contributed by atoms with van der Waals surface area (Å²) in [7, 11) is 1.75. The maximum Gasteiger partial charge on any atom is 0.0659 e. The van der Waals surface area contributed by atoms with Gasteiger partial charge in [0.05, 0.1) is 19.3 Å². The van der Waals surface area contributed by atoms with Gasteiger partial charge in [-0.3, -0.25) is 4.68 Å². The molecule has 0 spiro atoms. The van der Waals surface area contributed by atoms with E-state index in [-0.39, 0.29) is 0 Å². The van der Waals surface area contributed by atoms with E-state index >= 15 is 0 Å². The minimum atomic E-state index is 0.414. The normalized spacial score (nSPS) is 12.5. The molecule has 1 heterocycles. The second-order valence-corrected chi connectivity index (χ2v) is 5.35. The average molecular weight is 287 g/mol. The molecule has 0 bridgehead atoms. The molecule has 0 fully saturated rings. The Morgan fingerprint density at radius 2 is 2.05 bits per heavy atom. The molecule has 1 atom stereocenters. The van der Waals surface area contributed by atoms with E-state index in [9.17, 15) is 0 Å². The van der Waals surface area contributed by atoms with Gasteiger partial charge in [0.15, 0.2) is 0 Å². The number of hydrogen-bond donors (Lipinski definition) is 1. The van der Waals surface area contributed by atoms with Gasteiger partial charge < -0.3 is 10.1 Å². The molecule has 0 aliphatic rings. The number of benzene rings is 1. The molecular formula is C17H25N3O. The highest BCUT2D eigenvalue weighted by Gasteiger charge is 2.07. The minimum absolute atomic E-state index is 0.414. The van der Waals surface area contributed by atoms with Crippen molar-refractivity contribution >= 4 is 0 Å². The number of hydrogen-bond acceptors (Lipinski definition) is 3. The van der Waals surface area contributed by atoms with Crippen LogP contribution in [0, 0.1) is 0 Å². The van der Waals surface area contributed by atoms with Gasteiger partial charge in [0.1, 0.15) is 0 Å². The van der Waals surface area contributed by atoms with Gasteiger partial charge in [-0.25, -0.2) is 0 Å². The average Bonchev–Trinajstić information content (AvgIpc) is 2.94. The standard InChI is InChI=1S/C17H25N3O/c1-3-7-17(14-21-2)18-10-16-11-19-20(13-16)12-15-8-5-4-6-9-15/h4-6,8-9,11,13,17-18H,3,7,10,12,14H2,1-2H3. The summed E-state index contributed by atoms with van der Waals surface area (Å²) < 4.78 is 7.23. The summed E-state index contributed by atoms with van der Waals surface area (Å²) in [5.74, 6) is 0. The summed E-state index contributed by atoms with van der Waals surface area (Å²) in [6.07, 6.45) is 6.34. The van der Waals surface area contributed by atoms with Gasteiger partial charge >= 0.3 is 0 Å². The lowest BCUT2D eigenvalue weighted by atomic mass is 10.2. The van der Waals surface area contributed by atoms with E-state index in [0.29, 0.717) is 6.04 Å². The molecular weight excluding hydrogens is 262 g/mol. The van der Waals surface area contributed by atoms with Crippen LogP contribution >= 0.6 is 0 Å². The van der Waals surface area contributed by atoms with E-state index < -0.39 is 0 Å². The lowest BCUT2D eigenvalue weighted by Gasteiger charge is -2.16. The molecule has 0 aliphatic heterocycles. The van der Waals surface area contributed by atoms with Crippen LogP contribution in [0.3, 0.4) is 0 Å². The summed E-state index contributed by atoms with van der Waals surface area (Å²) in [5, 5.41) is 7.96. The molecule has 0 aliphatic carbocycles. The van der Waals surface area contributed by atoms with E-state index in [1.807, 2.05) is 16.9 Å². The van der Waals surface area contributed by atoms with Crippen LogP contribution < -0.4 is 5.32 Å². The fourth-order valence-corrected chi connectivity index (χ4v) is 2.41. The van der Waals surface area contributed by atoms with Gasteiger partial charge in [0.25, 0.3) is 0 Å². The van der Waals surface area contributed by atoms with Crippen molar-refractivity contribution in [1.29, 1.82) is 0 Å². The molecule has 114 valence electrons. The van der Waals surface area contributed by atoms with Gasteiger partial charge in [-0.05, 0) is 12.0 Å². The molecule has 2 aromatic rings. The Hall–Kier alpha value is -1.65. The van der Waals surface area contributed by atoms with Crippen LogP contribution in [0.15, 0.2) is 42.7 Å². The lowest BCUT2D eigenvalue weighted by Crippen LogP contribution is -2.32. The smallest absolute Gasteiger partial charge is 0.0659 e. The summed E-state index contributed by atoms with van der Waals surface area (Å²) in [5.41, 5.74) is 2.48. The van der Waals surface area contributed by atoms with E-state index in [4.69, 9.17) is 4.74 Å². The number of methoxy groups -OCH3 is 1. The monoisotopic (exact) mass is 287 g/mol. The fraction of sp³-hybridized carbons (Fsp3) is 0.471. The Morgan fingerprint density at radius 1 is 1.24 bits per heavy atom. The number of nitrogens with zero attached hydrogens (tertiary/aromatic N) is 2. The van der Waals surface area contributed by atoms with E-state index in [2.05, 4.69) is 47.8 Å². The zero-order chi connectivity index (χ0) is 14.9. The Balaban J connectivity index is 1.85. The second kappa shape index (κ2) is 8.60. The highest BCUT2D eigenvalue weighted by Crippen LogP contribution is 2.05. The highest BCUT2D eigenvalue weighted by molar-refractivity contribution is 5.15. The Labute approximate surface area is 127 Å². The van der Waals surface area contributed by atoms with E-state index in [0.717, 1.165) is 32.5 Å². The van der Waals surface area contributed by atoms with Crippen LogP contribution in [-0.4, -0.2) is 29.5 Å². The van der Waals surface area contributed by atoms with Crippen molar-refractivity contribution in [3.63, 3.8) is 0 Å². The van der Waals surface area contributed by atoms with Crippen molar-refractivity contribution in [2.75, 3.05) is 13.7 Å². The van der Waals surface area contributed by atoms with Crippen LogP contribution in [0.2, 0.25) is 0 Å². The summed E-state index contributed by atoms with van der Waals surface area (Å²) in [6.45, 7) is 4.61. The van der Waals surface area contributed by atoms with Crippen molar-refractivity contribution in [3.8, 4) is 0 Å². The first-order chi connectivity index (χ1) is 10.3. The summed E-state index contributed by atoms with van der Waals surface area (Å²) in [4.78, 5) is 0. The number of nitrogens with one attached hydrogen (secondary N) is 1. The second-order valence-electron chi connectivity index (χ2n) is 5.35. The largest absolute Gasteiger partial charge is 0.383 e. The molecule has 4 heteroatoms. The molecule has 0 saturated heterocycles. The maximum atomic E-state index is 5.25. The first-order valence-electron chi connectivity index (χ1n) is 7.59. The van der Waals surface area contributed by atoms with Crippen molar-refractivity contribution < 1.29 is 4.74 Å². The first-order valence-corrected chi connectivity index (χ1v) is 7.59. The topological polar surface area (TPSA) is 39.1 Å². The van der Waals surface area contributed by atoms with Gasteiger partial charge in [-0.15, -0.1) is 0 Å². The molecule has 1 unspecified atom stereocenters. The van der Waals surface area contributed by atoms with Gasteiger partial charge in [0, 0.05) is 31.5 Å². The van der Waals surface area contributed by atoms with Crippen molar-refractivity contribution in [2.24, 2.45) is 0 Å². The zero-order valence-electron chi connectivity index (χ0n) is 13.0. The predicted octanol–water partition coefficient (Wildman–Crippen LogP) is 2.84. The molecule has 1 N–H and O–H groups in total. The van der Waals surface area contributed by atoms with Crippen LogP contribution in [0.1, 0.15) is 30.9 Å². The number of aromatic nitrogens is 2. The molecule has 1 aromatic carbocycles. The molecule has 21 heavy (non-hydrogen) atoms. The SMILES string of the molecule is CCCC(COC)NCc1cnn(Cc2ccccc2)c1. The summed E-state index contributed by atoms with van der Waals surface area (Å²) in [6, 6.07) is 10.8. The third-order valence-corrected chi connectivity index (χ3v) is 3.47. The van der Waals surface area contributed by atoms with Crippen LogP contribution in [0.5, 0.6) is 0 Å². The maximum absolute atomic E-state index is 5.25. The molecule has 1 aromatic heterocycles. The third kappa shape index (κ3) is 5.33. The van der Waals surface area contributed by atoms with Gasteiger partial charge in [0.2, 0.25) is 0 Å². The van der Waals surface area contributed by atoms with Crippen molar-refractivity contribution in [3.05, 3.63) is 53.9 Å². The van der Waals surface area contributed by atoms with E-state index in [1.165, 1.54) is 11.1 Å². The van der Waals surface area contributed by atoms with Crippen molar-refractivity contribution in [2.45, 2.75) is 38.9 Å². The van der Waals surface area contributed by atoms with Gasteiger partial charge in [-0.1, -0.05) is 43.7 Å². The molecule has 0 amide bonds. The van der Waals surface area contributed by atoms with Crippen LogP contribution in [0.4, 0.5) is 0 Å². The quantitative estimate of drug-likeness (QED) is 0.771. The first kappa shape index (κ1) is 15.7. The summed E-state index contributed by atoms with van der Waals surface area (Å²) >= 11 is 0. The Bertz CT molecular complexity index is 504. The number of ether oxygens (including phenoxy) is 1. The predicted molar refractivity (Wildman–Crippen MR) is 85.2 cm³/mol. The third-order valence-electron chi connectivity index (χ3n) is 3.47. The van der Waals surface area contributed by atoms with Crippen LogP contribution in [-0.2, 0) is 17.8 Å². The molecule has 2 rings (SSSR count). The van der Waals surface area contributed by atoms with Crippen LogP contribution in [0.25, 0.3) is 0 Å². The van der Waals surface area contributed by atoms with Crippen molar-refractivity contribution in [1.82, 2.24) is 15.1 Å². The molecule has 0 radical (unpaired) electrons. The Morgan fingerprint density at radius 3 is 2.76 bits per heavy atom. The zero-order valence-corrected chi connectivity index (χ0v) is 13.0. The lowest BCUT2D eigenvalue weighted by molar-refractivity contribution is 0.161.